The normalized spacial score (nSPS) is 12.2. The number of benzene rings is 2. The Kier molecular flexibility index (Phi) is 5.01. The van der Waals surface area contributed by atoms with E-state index in [-0.39, 0.29) is 17.1 Å². The zero-order chi connectivity index (χ0) is 18.0. The van der Waals surface area contributed by atoms with Crippen LogP contribution in [0.5, 0.6) is 0 Å². The number of pyridine rings is 1. The number of rotatable bonds is 4. The van der Waals surface area contributed by atoms with Crippen molar-refractivity contribution in [1.82, 2.24) is 4.98 Å². The Hall–Kier alpha value is -2.44. The van der Waals surface area contributed by atoms with Crippen molar-refractivity contribution in [3.05, 3.63) is 77.5 Å². The monoisotopic (exact) mass is 358 g/mol. The van der Waals surface area contributed by atoms with Crippen LogP contribution in [0.4, 0.5) is 8.78 Å². The molecule has 0 bridgehead atoms. The van der Waals surface area contributed by atoms with Crippen molar-refractivity contribution in [2.24, 2.45) is 0 Å². The van der Waals surface area contributed by atoms with Gasteiger partial charge in [-0.2, -0.15) is 0 Å². The van der Waals surface area contributed by atoms with Crippen LogP contribution in [0.1, 0.15) is 11.1 Å². The molecule has 1 aromatic heterocycles. The lowest BCUT2D eigenvalue weighted by atomic mass is 9.97. The van der Waals surface area contributed by atoms with Gasteiger partial charge in [0.05, 0.1) is 5.69 Å². The molecule has 1 unspecified atom stereocenters. The van der Waals surface area contributed by atoms with E-state index in [1.165, 1.54) is 18.2 Å². The van der Waals surface area contributed by atoms with Gasteiger partial charge in [0, 0.05) is 23.1 Å². The van der Waals surface area contributed by atoms with Crippen LogP contribution in [-0.2, 0) is 16.8 Å². The summed E-state index contributed by atoms with van der Waals surface area (Å²) in [5.41, 5.74) is 3.19. The molecule has 0 saturated carbocycles. The molecule has 0 aliphatic rings. The molecule has 6 heteroatoms. The predicted octanol–water partition coefficient (Wildman–Crippen LogP) is 4.38. The van der Waals surface area contributed by atoms with Gasteiger partial charge in [0.25, 0.3) is 0 Å². The molecule has 128 valence electrons. The molecule has 3 aromatic rings. The summed E-state index contributed by atoms with van der Waals surface area (Å²) in [7, 11) is 0. The zero-order valence-electron chi connectivity index (χ0n) is 13.3. The second kappa shape index (κ2) is 7.21. The quantitative estimate of drug-likeness (QED) is 0.650. The minimum Gasteiger partial charge on any atom is -0.772 e. The van der Waals surface area contributed by atoms with E-state index in [9.17, 15) is 17.5 Å². The van der Waals surface area contributed by atoms with Crippen LogP contribution in [0.15, 0.2) is 54.7 Å². The lowest BCUT2D eigenvalue weighted by Crippen LogP contribution is -1.98. The minimum atomic E-state index is -2.36. The summed E-state index contributed by atoms with van der Waals surface area (Å²) < 4.78 is 49.2. The highest BCUT2D eigenvalue weighted by molar-refractivity contribution is 7.78. The fourth-order valence-electron chi connectivity index (χ4n) is 2.62. The fraction of sp³-hybridized carbons (Fsp3) is 0.105. The zero-order valence-corrected chi connectivity index (χ0v) is 14.1. The van der Waals surface area contributed by atoms with E-state index in [0.29, 0.717) is 16.8 Å². The van der Waals surface area contributed by atoms with Crippen LogP contribution in [0.25, 0.3) is 22.4 Å². The second-order valence-corrected chi connectivity index (χ2v) is 6.51. The summed E-state index contributed by atoms with van der Waals surface area (Å²) in [6.45, 7) is 1.67. The molecule has 0 amide bonds. The van der Waals surface area contributed by atoms with Crippen LogP contribution in [0, 0.1) is 18.6 Å². The summed E-state index contributed by atoms with van der Waals surface area (Å²) in [5, 5.41) is 0. The third-order valence-electron chi connectivity index (χ3n) is 3.88. The third-order valence-corrected chi connectivity index (χ3v) is 4.42. The molecule has 1 atom stereocenters. The Morgan fingerprint density at radius 3 is 2.48 bits per heavy atom. The minimum absolute atomic E-state index is 0.104. The molecule has 0 radical (unpaired) electrons. The van der Waals surface area contributed by atoms with E-state index in [1.807, 2.05) is 6.07 Å². The van der Waals surface area contributed by atoms with Crippen LogP contribution < -0.4 is 0 Å². The molecule has 3 nitrogen and oxygen atoms in total. The largest absolute Gasteiger partial charge is 0.772 e. The van der Waals surface area contributed by atoms with Gasteiger partial charge in [0.1, 0.15) is 11.6 Å². The molecule has 0 fully saturated rings. The molecule has 0 aliphatic carbocycles. The average molecular weight is 358 g/mol. The molecular formula is C19H14F2NO2S-. The Labute approximate surface area is 146 Å². The standard InChI is InChI=1S/C19H15F2NO2S/c1-12-9-13(6-7-17(12)20)16-3-2-8-22-19(16)14-4-5-15(11-25(23)24)18(21)10-14/h2-10H,11H2,1H3,(H,23,24)/p-1. The van der Waals surface area contributed by atoms with Gasteiger partial charge in [-0.05, 0) is 47.9 Å². The van der Waals surface area contributed by atoms with Gasteiger partial charge >= 0.3 is 0 Å². The number of hydrogen-bond acceptors (Lipinski definition) is 3. The number of aromatic nitrogens is 1. The SMILES string of the molecule is Cc1cc(-c2cccnc2-c2ccc(CS(=O)[O-])c(F)c2)ccc1F. The molecule has 2 aromatic carbocycles. The van der Waals surface area contributed by atoms with Gasteiger partial charge in [-0.3, -0.25) is 9.19 Å². The third kappa shape index (κ3) is 3.81. The maximum atomic E-state index is 14.2. The summed E-state index contributed by atoms with van der Waals surface area (Å²) in [6.07, 6.45) is 1.59. The van der Waals surface area contributed by atoms with Crippen molar-refractivity contribution < 1.29 is 17.5 Å². The van der Waals surface area contributed by atoms with Crippen molar-refractivity contribution >= 4 is 11.1 Å². The number of nitrogens with zero attached hydrogens (tertiary/aromatic N) is 1. The topological polar surface area (TPSA) is 53.0 Å². The van der Waals surface area contributed by atoms with E-state index in [1.54, 1.807) is 37.4 Å². The van der Waals surface area contributed by atoms with Crippen LogP contribution in [-0.4, -0.2) is 13.7 Å². The maximum absolute atomic E-state index is 14.2. The first-order valence-electron chi connectivity index (χ1n) is 7.52. The molecule has 0 aliphatic heterocycles. The number of hydrogen-bond donors (Lipinski definition) is 0. The molecule has 3 rings (SSSR count). The van der Waals surface area contributed by atoms with Gasteiger partial charge in [-0.25, -0.2) is 8.78 Å². The summed E-state index contributed by atoms with van der Waals surface area (Å²) in [6, 6.07) is 12.7. The highest BCUT2D eigenvalue weighted by Crippen LogP contribution is 2.32. The molecule has 0 saturated heterocycles. The fourth-order valence-corrected chi connectivity index (χ4v) is 3.11. The molecule has 0 N–H and O–H groups in total. The maximum Gasteiger partial charge on any atom is 0.127 e. The molecular weight excluding hydrogens is 344 g/mol. The van der Waals surface area contributed by atoms with E-state index in [0.717, 1.165) is 11.1 Å². The number of aryl methyl sites for hydroxylation is 1. The first-order chi connectivity index (χ1) is 12.0. The lowest BCUT2D eigenvalue weighted by molar-refractivity contribution is 0.533. The van der Waals surface area contributed by atoms with Gasteiger partial charge in [-0.15, -0.1) is 0 Å². The molecule has 25 heavy (non-hydrogen) atoms. The highest BCUT2D eigenvalue weighted by atomic mass is 32.2. The first-order valence-corrected chi connectivity index (χ1v) is 8.76. The Morgan fingerprint density at radius 1 is 1.04 bits per heavy atom. The summed E-state index contributed by atoms with van der Waals surface area (Å²) >= 11 is -2.36. The molecule has 0 spiro atoms. The second-order valence-electron chi connectivity index (χ2n) is 5.62. The van der Waals surface area contributed by atoms with Crippen molar-refractivity contribution in [1.29, 1.82) is 0 Å². The van der Waals surface area contributed by atoms with E-state index >= 15 is 0 Å². The van der Waals surface area contributed by atoms with Crippen molar-refractivity contribution in [2.45, 2.75) is 12.7 Å². The lowest BCUT2D eigenvalue weighted by Gasteiger charge is -2.12. The van der Waals surface area contributed by atoms with E-state index in [4.69, 9.17) is 0 Å². The Morgan fingerprint density at radius 2 is 1.80 bits per heavy atom. The van der Waals surface area contributed by atoms with Gasteiger partial charge in [-0.1, -0.05) is 35.3 Å². The first kappa shape index (κ1) is 17.4. The number of halogens is 2. The van der Waals surface area contributed by atoms with Crippen molar-refractivity contribution in [3.8, 4) is 22.4 Å². The summed E-state index contributed by atoms with van der Waals surface area (Å²) in [4.78, 5) is 4.33. The van der Waals surface area contributed by atoms with Crippen molar-refractivity contribution in [3.63, 3.8) is 0 Å². The average Bonchev–Trinajstić information content (AvgIpc) is 2.59. The van der Waals surface area contributed by atoms with Crippen LogP contribution in [0.2, 0.25) is 0 Å². The van der Waals surface area contributed by atoms with E-state index in [2.05, 4.69) is 4.98 Å². The van der Waals surface area contributed by atoms with Gasteiger partial charge < -0.3 is 4.55 Å². The predicted molar refractivity (Wildman–Crippen MR) is 92.4 cm³/mol. The molecule has 1 heterocycles. The Bertz CT molecular complexity index is 960. The van der Waals surface area contributed by atoms with Gasteiger partial charge in [0.2, 0.25) is 0 Å². The van der Waals surface area contributed by atoms with Crippen LogP contribution >= 0.6 is 0 Å². The van der Waals surface area contributed by atoms with Crippen LogP contribution in [0.3, 0.4) is 0 Å². The smallest absolute Gasteiger partial charge is 0.127 e. The summed E-state index contributed by atoms with van der Waals surface area (Å²) in [5.74, 6) is -1.28. The van der Waals surface area contributed by atoms with Gasteiger partial charge in [0.15, 0.2) is 0 Å². The van der Waals surface area contributed by atoms with Crippen molar-refractivity contribution in [2.75, 3.05) is 0 Å². The highest BCUT2D eigenvalue weighted by Gasteiger charge is 2.12. The Balaban J connectivity index is 2.08. The van der Waals surface area contributed by atoms with E-state index < -0.39 is 16.9 Å².